The summed E-state index contributed by atoms with van der Waals surface area (Å²) in [6.45, 7) is 5.96. The highest BCUT2D eigenvalue weighted by molar-refractivity contribution is 7.88. The molecule has 4 N–H and O–H groups in total. The Morgan fingerprint density at radius 2 is 1.82 bits per heavy atom. The van der Waals surface area contributed by atoms with Crippen molar-refractivity contribution in [2.24, 2.45) is 0 Å². The van der Waals surface area contributed by atoms with Crippen LogP contribution in [0.2, 0.25) is 0 Å². The summed E-state index contributed by atoms with van der Waals surface area (Å²) in [6.07, 6.45) is -3.31. The summed E-state index contributed by atoms with van der Waals surface area (Å²) >= 11 is 0. The number of fused-ring (bicyclic) bond motifs is 1. The smallest absolute Gasteiger partial charge is 0.415 e. The molecule has 0 fully saturated rings. The van der Waals surface area contributed by atoms with Crippen LogP contribution in [0, 0.1) is 6.92 Å². The van der Waals surface area contributed by atoms with Crippen LogP contribution in [-0.2, 0) is 38.1 Å². The number of carboxylic acid groups (broad SMARTS) is 1. The highest BCUT2D eigenvalue weighted by Crippen LogP contribution is 2.46. The number of carbonyl (C=O) groups is 2. The van der Waals surface area contributed by atoms with Gasteiger partial charge in [-0.1, -0.05) is 49.1 Å². The number of hydrogen-bond donors (Lipinski definition) is 4. The molecule has 1 aliphatic rings. The first-order valence-corrected chi connectivity index (χ1v) is 13.8. The topological polar surface area (TPSA) is 142 Å². The maximum atomic E-state index is 14.7. The molecule has 0 saturated heterocycles. The Morgan fingerprint density at radius 3 is 2.30 bits per heavy atom. The predicted molar refractivity (Wildman–Crippen MR) is 142 cm³/mol. The lowest BCUT2D eigenvalue weighted by Crippen LogP contribution is -2.66. The van der Waals surface area contributed by atoms with Crippen molar-refractivity contribution in [1.29, 1.82) is 0 Å². The van der Waals surface area contributed by atoms with Gasteiger partial charge in [0.25, 0.3) is 0 Å². The van der Waals surface area contributed by atoms with Crippen LogP contribution in [-0.4, -0.2) is 55.7 Å². The van der Waals surface area contributed by atoms with Crippen LogP contribution in [0.4, 0.5) is 18.9 Å². The molecular formula is C27H29F3N2O7S. The highest BCUT2D eigenvalue weighted by Gasteiger charge is 2.63. The molecule has 0 amide bonds. The number of carbonyl (C=O) groups excluding carboxylic acids is 1. The summed E-state index contributed by atoms with van der Waals surface area (Å²) in [5.41, 5.74) is -6.66. The largest absolute Gasteiger partial charge is 0.479 e. The summed E-state index contributed by atoms with van der Waals surface area (Å²) in [5.74, 6) is -2.74. The van der Waals surface area contributed by atoms with Crippen LogP contribution in [0.25, 0.3) is 6.08 Å². The molecule has 0 bridgehead atoms. The summed E-state index contributed by atoms with van der Waals surface area (Å²) in [4.78, 5) is 25.2. The number of carboxylic acids is 1. The van der Waals surface area contributed by atoms with Gasteiger partial charge in [-0.05, 0) is 42.5 Å². The first-order valence-electron chi connectivity index (χ1n) is 11.9. The fraction of sp³-hybridized carbons (Fsp3) is 0.333. The number of aliphatic carboxylic acids is 1. The molecule has 0 saturated carbocycles. The zero-order valence-corrected chi connectivity index (χ0v) is 23.0. The van der Waals surface area contributed by atoms with Gasteiger partial charge >= 0.3 is 18.1 Å². The van der Waals surface area contributed by atoms with Gasteiger partial charge in [0.05, 0.1) is 23.1 Å². The van der Waals surface area contributed by atoms with E-state index in [1.807, 2.05) is 0 Å². The van der Waals surface area contributed by atoms with Crippen molar-refractivity contribution in [2.45, 2.75) is 44.2 Å². The average Bonchev–Trinajstić information content (AvgIpc) is 3.23. The fourth-order valence-electron chi connectivity index (χ4n) is 5.17. The molecule has 216 valence electrons. The molecule has 0 radical (unpaired) electrons. The third-order valence-corrected chi connectivity index (χ3v) is 7.65. The number of benzene rings is 2. The number of rotatable bonds is 10. The van der Waals surface area contributed by atoms with E-state index in [4.69, 9.17) is 4.74 Å². The third kappa shape index (κ3) is 5.23. The van der Waals surface area contributed by atoms with Gasteiger partial charge < -0.3 is 20.3 Å². The molecule has 0 aliphatic carbocycles. The maximum Gasteiger partial charge on any atom is 0.415 e. The molecule has 2 aromatic rings. The molecule has 1 heterocycles. The zero-order chi connectivity index (χ0) is 30.3. The van der Waals surface area contributed by atoms with E-state index in [1.165, 1.54) is 31.3 Å². The number of hydrogen-bond acceptors (Lipinski definition) is 7. The number of ether oxygens (including phenoxy) is 1. The molecule has 9 nitrogen and oxygen atoms in total. The minimum absolute atomic E-state index is 0.0243. The van der Waals surface area contributed by atoms with Gasteiger partial charge in [0.15, 0.2) is 5.54 Å². The molecule has 1 aliphatic heterocycles. The monoisotopic (exact) mass is 582 g/mol. The Morgan fingerprint density at radius 1 is 1.23 bits per heavy atom. The van der Waals surface area contributed by atoms with E-state index < -0.39 is 56.8 Å². The van der Waals surface area contributed by atoms with Crippen molar-refractivity contribution in [3.05, 3.63) is 81.9 Å². The number of allylic oxidation sites excluding steroid dienone is 1. The summed E-state index contributed by atoms with van der Waals surface area (Å²) in [5, 5.41) is 24.7. The van der Waals surface area contributed by atoms with Gasteiger partial charge in [0.2, 0.25) is 10.0 Å². The van der Waals surface area contributed by atoms with Gasteiger partial charge in [-0.25, -0.2) is 18.0 Å². The number of halogens is 3. The zero-order valence-electron chi connectivity index (χ0n) is 22.1. The third-order valence-electron chi connectivity index (χ3n) is 6.98. The average molecular weight is 583 g/mol. The standard InChI is InChI=1S/C27H29F3N2O7S/c1-6-17-15(2)19-14-39-23(33)21(19)22(31-4)18(17)12-13-20(27(28,29)30)25(3,36)26(24(34)35,32-40(5,37)38)16-10-8-7-9-11-16/h6-11,13,31-32,36H,1,12,14H2,2-5H3,(H,34,35). The van der Waals surface area contributed by atoms with Crippen molar-refractivity contribution in [1.82, 2.24) is 4.72 Å². The van der Waals surface area contributed by atoms with E-state index in [9.17, 15) is 41.4 Å². The lowest BCUT2D eigenvalue weighted by atomic mass is 9.71. The summed E-state index contributed by atoms with van der Waals surface area (Å²) < 4.78 is 75.6. The second kappa shape index (κ2) is 10.7. The number of aliphatic hydroxyl groups is 1. The first-order chi connectivity index (χ1) is 18.4. The minimum atomic E-state index is -5.32. The summed E-state index contributed by atoms with van der Waals surface area (Å²) in [7, 11) is -3.03. The van der Waals surface area contributed by atoms with Crippen LogP contribution < -0.4 is 10.0 Å². The van der Waals surface area contributed by atoms with Crippen molar-refractivity contribution >= 4 is 33.7 Å². The Balaban J connectivity index is 2.36. The van der Waals surface area contributed by atoms with Crippen molar-refractivity contribution in [2.75, 3.05) is 18.6 Å². The lowest BCUT2D eigenvalue weighted by molar-refractivity contribution is -0.163. The number of sulfonamides is 1. The van der Waals surface area contributed by atoms with Crippen LogP contribution in [0.3, 0.4) is 0 Å². The first kappa shape index (κ1) is 30.9. The number of alkyl halides is 3. The second-order valence-electron chi connectivity index (χ2n) is 9.46. The van der Waals surface area contributed by atoms with Crippen LogP contribution in [0.15, 0.2) is 48.6 Å². The Labute approximate surface area is 229 Å². The van der Waals surface area contributed by atoms with Gasteiger partial charge in [-0.2, -0.15) is 17.9 Å². The molecule has 40 heavy (non-hydrogen) atoms. The fourth-order valence-corrected chi connectivity index (χ4v) is 6.13. The minimum Gasteiger partial charge on any atom is -0.479 e. The molecule has 2 unspecified atom stereocenters. The Bertz CT molecular complexity index is 1500. The highest BCUT2D eigenvalue weighted by atomic mass is 32.2. The van der Waals surface area contributed by atoms with E-state index in [-0.39, 0.29) is 23.4 Å². The predicted octanol–water partition coefficient (Wildman–Crippen LogP) is 3.66. The summed E-state index contributed by atoms with van der Waals surface area (Å²) in [6, 6.07) is 6.24. The van der Waals surface area contributed by atoms with E-state index >= 15 is 0 Å². The molecule has 3 rings (SSSR count). The van der Waals surface area contributed by atoms with Gasteiger partial charge in [0.1, 0.15) is 12.2 Å². The van der Waals surface area contributed by atoms with Crippen LogP contribution in [0.5, 0.6) is 0 Å². The Kier molecular flexibility index (Phi) is 8.26. The molecule has 0 aromatic heterocycles. The number of esters is 1. The SMILES string of the molecule is C=Cc1c(C)c2c(c(NC)c1CC=C(C(F)(F)F)C(C)(O)C(NS(C)(=O)=O)(C(=O)O)c1ccccc1)C(=O)OC2. The second-order valence-corrected chi connectivity index (χ2v) is 11.2. The lowest BCUT2D eigenvalue weighted by Gasteiger charge is -2.44. The van der Waals surface area contributed by atoms with Gasteiger partial charge in [0, 0.05) is 12.6 Å². The van der Waals surface area contributed by atoms with Crippen LogP contribution >= 0.6 is 0 Å². The van der Waals surface area contributed by atoms with E-state index in [2.05, 4.69) is 11.9 Å². The maximum absolute atomic E-state index is 14.7. The Hall–Kier alpha value is -3.68. The molecule has 0 spiro atoms. The normalized spacial score (nSPS) is 16.9. The van der Waals surface area contributed by atoms with Crippen molar-refractivity contribution < 1.29 is 46.1 Å². The molecule has 2 aromatic carbocycles. The van der Waals surface area contributed by atoms with Crippen molar-refractivity contribution in [3.63, 3.8) is 0 Å². The number of anilines is 1. The number of cyclic esters (lactones) is 1. The number of nitrogens with one attached hydrogen (secondary N) is 2. The van der Waals surface area contributed by atoms with Crippen molar-refractivity contribution in [3.8, 4) is 0 Å². The quantitative estimate of drug-likeness (QED) is 0.246. The van der Waals surface area contributed by atoms with E-state index in [0.717, 1.165) is 12.1 Å². The van der Waals surface area contributed by atoms with Crippen LogP contribution in [0.1, 0.15) is 45.1 Å². The van der Waals surface area contributed by atoms with E-state index in [0.29, 0.717) is 35.9 Å². The molecule has 13 heteroatoms. The van der Waals surface area contributed by atoms with Gasteiger partial charge in [-0.3, -0.25) is 0 Å². The van der Waals surface area contributed by atoms with Gasteiger partial charge in [-0.15, -0.1) is 0 Å². The molecular weight excluding hydrogens is 553 g/mol. The molecule has 2 atom stereocenters. The van der Waals surface area contributed by atoms with E-state index in [1.54, 1.807) is 11.6 Å².